The topological polar surface area (TPSA) is 91.4 Å². The maximum atomic E-state index is 12.6. The maximum absolute atomic E-state index is 12.6. The van der Waals surface area contributed by atoms with E-state index < -0.39 is 17.9 Å². The van der Waals surface area contributed by atoms with Crippen molar-refractivity contribution < 1.29 is 33.3 Å². The van der Waals surface area contributed by atoms with Crippen LogP contribution in [0.5, 0.6) is 5.75 Å². The summed E-state index contributed by atoms with van der Waals surface area (Å²) in [5.41, 5.74) is 0.201. The van der Waals surface area contributed by atoms with E-state index in [0.717, 1.165) is 0 Å². The minimum absolute atomic E-state index is 0.0444. The fourth-order valence-electron chi connectivity index (χ4n) is 2.52. The Balaban J connectivity index is 2.84. The molecule has 0 radical (unpaired) electrons. The van der Waals surface area contributed by atoms with Crippen molar-refractivity contribution in [3.63, 3.8) is 0 Å². The normalized spacial score (nSPS) is 13.1. The van der Waals surface area contributed by atoms with Crippen LogP contribution in [-0.2, 0) is 23.8 Å². The number of hydrogen-bond donors (Lipinski definition) is 0. The Labute approximate surface area is 170 Å². The van der Waals surface area contributed by atoms with E-state index in [4.69, 9.17) is 18.9 Å². The summed E-state index contributed by atoms with van der Waals surface area (Å²) in [4.78, 5) is 38.5. The van der Waals surface area contributed by atoms with Crippen molar-refractivity contribution in [3.05, 3.63) is 57.9 Å². The second-order valence-electron chi connectivity index (χ2n) is 5.31. The van der Waals surface area contributed by atoms with Crippen LogP contribution < -0.4 is 9.64 Å². The molecular weight excluding hydrogens is 434 g/mol. The summed E-state index contributed by atoms with van der Waals surface area (Å²) in [6, 6.07) is 3.03. The average Bonchev–Trinajstić information content (AvgIpc) is 2.94. The molecule has 0 bridgehead atoms. The van der Waals surface area contributed by atoms with Gasteiger partial charge in [-0.15, -0.1) is 0 Å². The van der Waals surface area contributed by atoms with Crippen LogP contribution in [0.2, 0.25) is 0 Å². The largest absolute Gasteiger partial charge is 0.495 e. The number of esters is 3. The van der Waals surface area contributed by atoms with Gasteiger partial charge in [-0.25, -0.2) is 14.4 Å². The van der Waals surface area contributed by atoms with Gasteiger partial charge in [0.15, 0.2) is 0 Å². The zero-order valence-corrected chi connectivity index (χ0v) is 17.2. The Bertz CT molecular complexity index is 902. The van der Waals surface area contributed by atoms with Crippen molar-refractivity contribution in [3.8, 4) is 5.75 Å². The highest BCUT2D eigenvalue weighted by Gasteiger charge is 2.30. The zero-order valence-electron chi connectivity index (χ0n) is 15.6. The van der Waals surface area contributed by atoms with Crippen molar-refractivity contribution >= 4 is 39.5 Å². The molecule has 0 atom stereocenters. The Morgan fingerprint density at radius 3 is 2.11 bits per heavy atom. The third-order valence-electron chi connectivity index (χ3n) is 3.82. The highest BCUT2D eigenvalue weighted by atomic mass is 79.9. The fourth-order valence-corrected chi connectivity index (χ4v) is 3.03. The molecule has 28 heavy (non-hydrogen) atoms. The summed E-state index contributed by atoms with van der Waals surface area (Å²) < 4.78 is 20.3. The SMILES string of the molecule is COC(=O)C1=C(C(=O)OC)N(c2cc(OC)c(Br)cc2C(=O)OC)C=CC=C1. The Morgan fingerprint density at radius 2 is 1.54 bits per heavy atom. The Hall–Kier alpha value is -3.07. The molecule has 0 saturated heterocycles. The number of nitrogens with zero attached hydrogens (tertiary/aromatic N) is 1. The van der Waals surface area contributed by atoms with Crippen molar-refractivity contribution in [2.75, 3.05) is 33.3 Å². The molecule has 0 N–H and O–H groups in total. The summed E-state index contributed by atoms with van der Waals surface area (Å²) in [5.74, 6) is -1.78. The number of halogens is 1. The molecule has 9 heteroatoms. The first-order valence-electron chi connectivity index (χ1n) is 7.90. The van der Waals surface area contributed by atoms with E-state index in [1.165, 1.54) is 57.7 Å². The second kappa shape index (κ2) is 9.23. The van der Waals surface area contributed by atoms with E-state index >= 15 is 0 Å². The maximum Gasteiger partial charge on any atom is 0.355 e. The highest BCUT2D eigenvalue weighted by Crippen LogP contribution is 2.37. The van der Waals surface area contributed by atoms with Crippen molar-refractivity contribution in [1.82, 2.24) is 0 Å². The van der Waals surface area contributed by atoms with Gasteiger partial charge in [-0.1, -0.05) is 6.08 Å². The smallest absolute Gasteiger partial charge is 0.355 e. The molecule has 2 rings (SSSR count). The molecule has 0 fully saturated rings. The van der Waals surface area contributed by atoms with Crippen LogP contribution >= 0.6 is 15.9 Å². The zero-order chi connectivity index (χ0) is 20.8. The number of methoxy groups -OCH3 is 4. The molecule has 0 aromatic heterocycles. The van der Waals surface area contributed by atoms with Gasteiger partial charge in [-0.3, -0.25) is 0 Å². The number of benzene rings is 1. The quantitative estimate of drug-likeness (QED) is 0.498. The van der Waals surface area contributed by atoms with Gasteiger partial charge in [0.2, 0.25) is 0 Å². The summed E-state index contributed by atoms with van der Waals surface area (Å²) >= 11 is 3.32. The van der Waals surface area contributed by atoms with Crippen molar-refractivity contribution in [1.29, 1.82) is 0 Å². The molecule has 0 amide bonds. The lowest BCUT2D eigenvalue weighted by molar-refractivity contribution is -0.139. The number of allylic oxidation sites excluding steroid dienone is 2. The van der Waals surface area contributed by atoms with E-state index in [1.54, 1.807) is 12.2 Å². The van der Waals surface area contributed by atoms with E-state index in [0.29, 0.717) is 10.2 Å². The van der Waals surface area contributed by atoms with Crippen LogP contribution in [0.1, 0.15) is 10.4 Å². The molecule has 148 valence electrons. The summed E-state index contributed by atoms with van der Waals surface area (Å²) in [5, 5.41) is 0. The summed E-state index contributed by atoms with van der Waals surface area (Å²) in [6.45, 7) is 0. The third kappa shape index (κ3) is 4.09. The summed E-state index contributed by atoms with van der Waals surface area (Å²) in [6.07, 6.45) is 6.08. The third-order valence-corrected chi connectivity index (χ3v) is 4.44. The molecule has 0 aliphatic carbocycles. The van der Waals surface area contributed by atoms with Crippen LogP contribution in [0, 0.1) is 0 Å². The van der Waals surface area contributed by atoms with E-state index in [-0.39, 0.29) is 22.5 Å². The summed E-state index contributed by atoms with van der Waals surface area (Å²) in [7, 11) is 5.08. The molecule has 1 aliphatic rings. The first kappa shape index (κ1) is 21.2. The van der Waals surface area contributed by atoms with Gasteiger partial charge in [0.25, 0.3) is 0 Å². The molecule has 1 aliphatic heterocycles. The molecule has 0 unspecified atom stereocenters. The standard InChI is InChI=1S/C19H18BrNO7/c1-25-15-10-14(12(9-13(15)20)18(23)27-3)21-8-6-5-7-11(17(22)26-2)16(21)19(24)28-4/h5-10H,1-4H3. The number of ether oxygens (including phenoxy) is 4. The molecule has 1 aromatic carbocycles. The lowest BCUT2D eigenvalue weighted by atomic mass is 10.1. The number of hydrogen-bond acceptors (Lipinski definition) is 8. The second-order valence-corrected chi connectivity index (χ2v) is 6.17. The minimum Gasteiger partial charge on any atom is -0.495 e. The first-order chi connectivity index (χ1) is 13.4. The number of carbonyl (C=O) groups is 3. The Kier molecular flexibility index (Phi) is 7.00. The van der Waals surface area contributed by atoms with Gasteiger partial charge >= 0.3 is 17.9 Å². The van der Waals surface area contributed by atoms with Gasteiger partial charge in [0.1, 0.15) is 11.4 Å². The van der Waals surface area contributed by atoms with Gasteiger partial charge in [-0.05, 0) is 34.1 Å². The number of rotatable bonds is 5. The molecule has 1 aromatic rings. The highest BCUT2D eigenvalue weighted by molar-refractivity contribution is 9.10. The van der Waals surface area contributed by atoms with Gasteiger partial charge < -0.3 is 23.8 Å². The number of anilines is 1. The van der Waals surface area contributed by atoms with E-state index in [1.807, 2.05) is 0 Å². The fraction of sp³-hybridized carbons (Fsp3) is 0.211. The predicted octanol–water partition coefficient (Wildman–Crippen LogP) is 2.73. The van der Waals surface area contributed by atoms with E-state index in [2.05, 4.69) is 15.9 Å². The van der Waals surface area contributed by atoms with Gasteiger partial charge in [0.05, 0.1) is 49.7 Å². The van der Waals surface area contributed by atoms with Crippen LogP contribution in [-0.4, -0.2) is 46.3 Å². The molecule has 8 nitrogen and oxygen atoms in total. The monoisotopic (exact) mass is 451 g/mol. The van der Waals surface area contributed by atoms with E-state index in [9.17, 15) is 14.4 Å². The Morgan fingerprint density at radius 1 is 0.893 bits per heavy atom. The van der Waals surface area contributed by atoms with Crippen LogP contribution in [0.4, 0.5) is 5.69 Å². The molecule has 0 saturated carbocycles. The van der Waals surface area contributed by atoms with Crippen LogP contribution in [0.25, 0.3) is 0 Å². The molecule has 0 spiro atoms. The lowest BCUT2D eigenvalue weighted by Gasteiger charge is -2.25. The minimum atomic E-state index is -0.797. The lowest BCUT2D eigenvalue weighted by Crippen LogP contribution is -2.28. The van der Waals surface area contributed by atoms with Crippen molar-refractivity contribution in [2.24, 2.45) is 0 Å². The van der Waals surface area contributed by atoms with Crippen LogP contribution in [0.3, 0.4) is 0 Å². The first-order valence-corrected chi connectivity index (χ1v) is 8.69. The van der Waals surface area contributed by atoms with Gasteiger partial charge in [-0.2, -0.15) is 0 Å². The molecule has 1 heterocycles. The average molecular weight is 452 g/mol. The predicted molar refractivity (Wildman–Crippen MR) is 104 cm³/mol. The number of carbonyl (C=O) groups excluding carboxylic acids is 3. The van der Waals surface area contributed by atoms with Crippen LogP contribution in [0.15, 0.2) is 52.3 Å². The molecular formula is C19H18BrNO7. The van der Waals surface area contributed by atoms with Gasteiger partial charge in [0, 0.05) is 12.3 Å². The van der Waals surface area contributed by atoms with Crippen molar-refractivity contribution in [2.45, 2.75) is 0 Å².